The Morgan fingerprint density at radius 2 is 1.78 bits per heavy atom. The molecule has 0 fully saturated rings. The van der Waals surface area contributed by atoms with Crippen LogP contribution >= 0.6 is 0 Å². The summed E-state index contributed by atoms with van der Waals surface area (Å²) in [5, 5.41) is 6.04. The molecule has 0 saturated carbocycles. The molecule has 0 aliphatic rings. The van der Waals surface area contributed by atoms with Crippen molar-refractivity contribution in [2.24, 2.45) is 0 Å². The van der Waals surface area contributed by atoms with Gasteiger partial charge in [-0.2, -0.15) is 0 Å². The Balaban J connectivity index is 2.22. The predicted octanol–water partition coefficient (Wildman–Crippen LogP) is 3.05. The van der Waals surface area contributed by atoms with E-state index in [-0.39, 0.29) is 0 Å². The molecule has 2 rings (SSSR count). The highest BCUT2D eigenvalue weighted by Gasteiger charge is 2.09. The Morgan fingerprint density at radius 1 is 1.06 bits per heavy atom. The van der Waals surface area contributed by atoms with Gasteiger partial charge in [0.1, 0.15) is 0 Å². The number of nitrogens with zero attached hydrogens (tertiary/aromatic N) is 1. The molecular formula is C16H22N2. The molecule has 2 aromatic rings. The van der Waals surface area contributed by atoms with Crippen molar-refractivity contribution in [1.82, 2.24) is 10.2 Å². The monoisotopic (exact) mass is 242 g/mol. The summed E-state index contributed by atoms with van der Waals surface area (Å²) in [6.45, 7) is 1.10. The van der Waals surface area contributed by atoms with Gasteiger partial charge in [0, 0.05) is 6.04 Å². The Kier molecular flexibility index (Phi) is 4.34. The topological polar surface area (TPSA) is 15.3 Å². The van der Waals surface area contributed by atoms with E-state index in [2.05, 4.69) is 66.8 Å². The van der Waals surface area contributed by atoms with Gasteiger partial charge in [0.25, 0.3) is 0 Å². The maximum absolute atomic E-state index is 3.41. The van der Waals surface area contributed by atoms with Gasteiger partial charge >= 0.3 is 0 Å². The first-order chi connectivity index (χ1) is 8.70. The minimum atomic E-state index is 0.428. The second-order valence-electron chi connectivity index (χ2n) is 5.04. The minimum absolute atomic E-state index is 0.428. The van der Waals surface area contributed by atoms with Crippen LogP contribution in [0.25, 0.3) is 10.8 Å². The molecule has 2 nitrogen and oxygen atoms in total. The zero-order valence-electron chi connectivity index (χ0n) is 11.5. The summed E-state index contributed by atoms with van der Waals surface area (Å²) in [5.74, 6) is 0. The third kappa shape index (κ3) is 3.09. The smallest absolute Gasteiger partial charge is 0.0329 e. The Labute approximate surface area is 110 Å². The summed E-state index contributed by atoms with van der Waals surface area (Å²) in [6, 6.07) is 15.7. The molecule has 1 N–H and O–H groups in total. The standard InChI is InChI=1S/C16H22N2/c1-17-16(10-11-18(2)3)15-9-8-13-6-4-5-7-14(13)12-15/h4-9,12,16-17H,10-11H2,1-3H3. The van der Waals surface area contributed by atoms with E-state index in [1.54, 1.807) is 0 Å². The van der Waals surface area contributed by atoms with E-state index < -0.39 is 0 Å². The molecule has 0 bridgehead atoms. The molecule has 2 aromatic carbocycles. The highest BCUT2D eigenvalue weighted by Crippen LogP contribution is 2.22. The van der Waals surface area contributed by atoms with Gasteiger partial charge < -0.3 is 10.2 Å². The first-order valence-electron chi connectivity index (χ1n) is 6.51. The zero-order chi connectivity index (χ0) is 13.0. The van der Waals surface area contributed by atoms with E-state index in [4.69, 9.17) is 0 Å². The molecule has 2 heteroatoms. The van der Waals surface area contributed by atoms with Crippen LogP contribution in [0.2, 0.25) is 0 Å². The van der Waals surface area contributed by atoms with Crippen molar-refractivity contribution in [2.45, 2.75) is 12.5 Å². The van der Waals surface area contributed by atoms with Crippen LogP contribution in [0.3, 0.4) is 0 Å². The normalized spacial score (nSPS) is 13.1. The average Bonchev–Trinajstić information content (AvgIpc) is 2.39. The van der Waals surface area contributed by atoms with E-state index in [1.807, 2.05) is 7.05 Å². The highest BCUT2D eigenvalue weighted by molar-refractivity contribution is 5.83. The summed E-state index contributed by atoms with van der Waals surface area (Å²) in [5.41, 5.74) is 1.37. The Hall–Kier alpha value is -1.38. The molecule has 0 spiro atoms. The number of hydrogen-bond donors (Lipinski definition) is 1. The van der Waals surface area contributed by atoms with Gasteiger partial charge in [-0.15, -0.1) is 0 Å². The number of fused-ring (bicyclic) bond motifs is 1. The first-order valence-corrected chi connectivity index (χ1v) is 6.51. The fourth-order valence-electron chi connectivity index (χ4n) is 2.29. The summed E-state index contributed by atoms with van der Waals surface area (Å²) >= 11 is 0. The van der Waals surface area contributed by atoms with Crippen molar-refractivity contribution in [2.75, 3.05) is 27.7 Å². The van der Waals surface area contributed by atoms with Crippen molar-refractivity contribution < 1.29 is 0 Å². The number of hydrogen-bond acceptors (Lipinski definition) is 2. The lowest BCUT2D eigenvalue weighted by molar-refractivity contribution is 0.368. The molecule has 0 amide bonds. The van der Waals surface area contributed by atoms with Gasteiger partial charge in [-0.3, -0.25) is 0 Å². The van der Waals surface area contributed by atoms with E-state index in [1.165, 1.54) is 16.3 Å². The predicted molar refractivity (Wildman–Crippen MR) is 78.9 cm³/mol. The molecule has 1 atom stereocenters. The van der Waals surface area contributed by atoms with Crippen LogP contribution in [0.15, 0.2) is 42.5 Å². The molecule has 18 heavy (non-hydrogen) atoms. The van der Waals surface area contributed by atoms with Crippen molar-refractivity contribution in [1.29, 1.82) is 0 Å². The quantitative estimate of drug-likeness (QED) is 0.867. The molecule has 0 radical (unpaired) electrons. The van der Waals surface area contributed by atoms with E-state index in [0.29, 0.717) is 6.04 Å². The van der Waals surface area contributed by atoms with Gasteiger partial charge in [0.15, 0.2) is 0 Å². The summed E-state index contributed by atoms with van der Waals surface area (Å²) in [4.78, 5) is 2.23. The Morgan fingerprint density at radius 3 is 2.44 bits per heavy atom. The van der Waals surface area contributed by atoms with Gasteiger partial charge in [-0.05, 0) is 56.5 Å². The van der Waals surface area contributed by atoms with Crippen molar-refractivity contribution in [3.05, 3.63) is 48.0 Å². The molecule has 0 aliphatic heterocycles. The molecular weight excluding hydrogens is 220 g/mol. The van der Waals surface area contributed by atoms with E-state index in [0.717, 1.165) is 13.0 Å². The third-order valence-corrected chi connectivity index (χ3v) is 3.39. The van der Waals surface area contributed by atoms with Crippen LogP contribution in [0, 0.1) is 0 Å². The maximum Gasteiger partial charge on any atom is 0.0329 e. The molecule has 1 unspecified atom stereocenters. The second kappa shape index (κ2) is 5.98. The van der Waals surface area contributed by atoms with Crippen molar-refractivity contribution in [3.8, 4) is 0 Å². The molecule has 96 valence electrons. The van der Waals surface area contributed by atoms with Crippen LogP contribution in [0.1, 0.15) is 18.0 Å². The van der Waals surface area contributed by atoms with Gasteiger partial charge in [0.2, 0.25) is 0 Å². The summed E-state index contributed by atoms with van der Waals surface area (Å²) in [7, 11) is 6.27. The van der Waals surface area contributed by atoms with Crippen molar-refractivity contribution >= 4 is 10.8 Å². The number of benzene rings is 2. The lowest BCUT2D eigenvalue weighted by atomic mass is 10.00. The van der Waals surface area contributed by atoms with Gasteiger partial charge in [0.05, 0.1) is 0 Å². The maximum atomic E-state index is 3.41. The van der Waals surface area contributed by atoms with Crippen LogP contribution < -0.4 is 5.32 Å². The lowest BCUT2D eigenvalue weighted by Gasteiger charge is -2.19. The fraction of sp³-hybridized carbons (Fsp3) is 0.375. The minimum Gasteiger partial charge on any atom is -0.313 e. The molecule has 0 saturated heterocycles. The highest BCUT2D eigenvalue weighted by atomic mass is 15.1. The average molecular weight is 242 g/mol. The molecule has 0 aromatic heterocycles. The zero-order valence-corrected chi connectivity index (χ0v) is 11.5. The fourth-order valence-corrected chi connectivity index (χ4v) is 2.29. The van der Waals surface area contributed by atoms with Crippen LogP contribution in [0.4, 0.5) is 0 Å². The van der Waals surface area contributed by atoms with Crippen molar-refractivity contribution in [3.63, 3.8) is 0 Å². The van der Waals surface area contributed by atoms with E-state index in [9.17, 15) is 0 Å². The Bertz CT molecular complexity index is 505. The van der Waals surface area contributed by atoms with E-state index >= 15 is 0 Å². The van der Waals surface area contributed by atoms with Gasteiger partial charge in [-0.25, -0.2) is 0 Å². The molecule has 0 heterocycles. The summed E-state index contributed by atoms with van der Waals surface area (Å²) in [6.07, 6.45) is 1.13. The third-order valence-electron chi connectivity index (χ3n) is 3.39. The largest absolute Gasteiger partial charge is 0.313 e. The summed E-state index contributed by atoms with van der Waals surface area (Å²) < 4.78 is 0. The van der Waals surface area contributed by atoms with Gasteiger partial charge in [-0.1, -0.05) is 36.4 Å². The first kappa shape index (κ1) is 13.1. The SMILES string of the molecule is CNC(CCN(C)C)c1ccc2ccccc2c1. The van der Waals surface area contributed by atoms with Crippen LogP contribution in [-0.4, -0.2) is 32.6 Å². The second-order valence-corrected chi connectivity index (χ2v) is 5.04. The van der Waals surface area contributed by atoms with Crippen LogP contribution in [-0.2, 0) is 0 Å². The molecule has 0 aliphatic carbocycles. The van der Waals surface area contributed by atoms with Crippen LogP contribution in [0.5, 0.6) is 0 Å². The number of nitrogens with one attached hydrogen (secondary N) is 1. The number of rotatable bonds is 5. The lowest BCUT2D eigenvalue weighted by Crippen LogP contribution is -2.22.